The number of hydrogen-bond donors (Lipinski definition) is 2. The molecule has 154 valence electrons. The summed E-state index contributed by atoms with van der Waals surface area (Å²) in [4.78, 5) is 16.2. The molecule has 1 aliphatic rings. The zero-order valence-electron chi connectivity index (χ0n) is 17.1. The van der Waals surface area contributed by atoms with Crippen LogP contribution in [0.3, 0.4) is 0 Å². The van der Waals surface area contributed by atoms with Gasteiger partial charge in [0.05, 0.1) is 6.10 Å². The van der Waals surface area contributed by atoms with Gasteiger partial charge in [0.2, 0.25) is 0 Å². The van der Waals surface area contributed by atoms with Gasteiger partial charge in [-0.25, -0.2) is 4.79 Å². The first-order valence-electron chi connectivity index (χ1n) is 9.61. The SMILES string of the molecule is CCC(O[SiH](C)C)C1OC(n2ccc(N)nc2=O)C(O[Si](C)(C)CC)C1O. The van der Waals surface area contributed by atoms with Crippen LogP contribution in [0.4, 0.5) is 5.82 Å². The molecule has 0 aliphatic carbocycles. The fraction of sp³-hybridized carbons (Fsp3) is 0.765. The molecule has 1 aliphatic heterocycles. The number of nitrogens with two attached hydrogens (primary N) is 1. The monoisotopic (exact) mass is 415 g/mol. The van der Waals surface area contributed by atoms with Crippen molar-refractivity contribution in [2.75, 3.05) is 5.73 Å². The maximum atomic E-state index is 12.4. The van der Waals surface area contributed by atoms with Gasteiger partial charge < -0.3 is 24.4 Å². The van der Waals surface area contributed by atoms with E-state index in [4.69, 9.17) is 19.3 Å². The lowest BCUT2D eigenvalue weighted by Crippen LogP contribution is -2.46. The van der Waals surface area contributed by atoms with Gasteiger partial charge in [0, 0.05) is 6.20 Å². The summed E-state index contributed by atoms with van der Waals surface area (Å²) in [6.07, 6.45) is -0.884. The third kappa shape index (κ3) is 5.27. The minimum atomic E-state index is -2.03. The molecular weight excluding hydrogens is 382 g/mol. The maximum Gasteiger partial charge on any atom is 0.351 e. The number of anilines is 1. The Balaban J connectivity index is 2.39. The van der Waals surface area contributed by atoms with Gasteiger partial charge in [-0.3, -0.25) is 4.57 Å². The summed E-state index contributed by atoms with van der Waals surface area (Å²) >= 11 is 0. The summed E-state index contributed by atoms with van der Waals surface area (Å²) in [5, 5.41) is 11.0. The van der Waals surface area contributed by atoms with Gasteiger partial charge in [0.15, 0.2) is 23.6 Å². The second-order valence-electron chi connectivity index (χ2n) is 7.85. The molecule has 8 nitrogen and oxygen atoms in total. The smallest absolute Gasteiger partial charge is 0.351 e. The number of aliphatic hydroxyl groups excluding tert-OH is 1. The molecule has 0 spiro atoms. The zero-order valence-corrected chi connectivity index (χ0v) is 19.2. The molecule has 1 aromatic rings. The number of rotatable bonds is 8. The largest absolute Gasteiger partial charge is 0.415 e. The highest BCUT2D eigenvalue weighted by Gasteiger charge is 2.50. The van der Waals surface area contributed by atoms with Gasteiger partial charge in [-0.15, -0.1) is 0 Å². The normalized spacial score (nSPS) is 27.3. The van der Waals surface area contributed by atoms with E-state index in [1.165, 1.54) is 4.57 Å². The van der Waals surface area contributed by atoms with Gasteiger partial charge in [-0.05, 0) is 44.7 Å². The summed E-state index contributed by atoms with van der Waals surface area (Å²) in [5.74, 6) is 0.146. The quantitative estimate of drug-likeness (QED) is 0.619. The van der Waals surface area contributed by atoms with Crippen molar-refractivity contribution in [3.8, 4) is 0 Å². The standard InChI is InChI=1S/C17H33N3O5Si2/c1-7-11(24-26(3)4)14-13(21)15(25-27(5,6)8-2)16(23-14)20-10-9-12(18)19-17(20)22/h9-11,13-16,21,26H,7-8H2,1-6H3,(H2,18,19,22). The van der Waals surface area contributed by atoms with Crippen LogP contribution in [0.1, 0.15) is 26.5 Å². The number of aliphatic hydroxyl groups is 1. The van der Waals surface area contributed by atoms with Crippen LogP contribution in [0, 0.1) is 0 Å². The molecule has 5 atom stereocenters. The van der Waals surface area contributed by atoms with Crippen LogP contribution in [-0.2, 0) is 13.6 Å². The number of aromatic nitrogens is 2. The van der Waals surface area contributed by atoms with Crippen LogP contribution in [-0.4, -0.2) is 56.4 Å². The van der Waals surface area contributed by atoms with E-state index in [0.29, 0.717) is 6.42 Å². The highest BCUT2D eigenvalue weighted by Crippen LogP contribution is 2.36. The van der Waals surface area contributed by atoms with E-state index >= 15 is 0 Å². The van der Waals surface area contributed by atoms with Crippen molar-refractivity contribution in [1.82, 2.24) is 9.55 Å². The predicted molar refractivity (Wildman–Crippen MR) is 110 cm³/mol. The first-order valence-corrected chi connectivity index (χ1v) is 15.5. The molecule has 0 aromatic carbocycles. The Labute approximate surface area is 163 Å². The van der Waals surface area contributed by atoms with Gasteiger partial charge in [0.25, 0.3) is 0 Å². The van der Waals surface area contributed by atoms with E-state index < -0.39 is 47.6 Å². The first kappa shape index (κ1) is 22.2. The highest BCUT2D eigenvalue weighted by molar-refractivity contribution is 6.71. The average molecular weight is 416 g/mol. The lowest BCUT2D eigenvalue weighted by Gasteiger charge is -2.31. The van der Waals surface area contributed by atoms with Gasteiger partial charge in [-0.2, -0.15) is 4.98 Å². The van der Waals surface area contributed by atoms with E-state index in [2.05, 4.69) is 38.1 Å². The molecule has 1 aromatic heterocycles. The topological polar surface area (TPSA) is 109 Å². The Morgan fingerprint density at radius 1 is 1.44 bits per heavy atom. The number of ether oxygens (including phenoxy) is 1. The zero-order chi connectivity index (χ0) is 20.4. The van der Waals surface area contributed by atoms with Crippen molar-refractivity contribution >= 4 is 23.2 Å². The molecule has 3 N–H and O–H groups in total. The maximum absolute atomic E-state index is 12.4. The van der Waals surface area contributed by atoms with Crippen LogP contribution >= 0.6 is 0 Å². The van der Waals surface area contributed by atoms with Crippen LogP contribution < -0.4 is 11.4 Å². The van der Waals surface area contributed by atoms with Crippen molar-refractivity contribution < 1.29 is 18.7 Å². The molecule has 1 fully saturated rings. The fourth-order valence-corrected chi connectivity index (χ4v) is 5.37. The van der Waals surface area contributed by atoms with E-state index in [9.17, 15) is 9.90 Å². The number of nitrogens with zero attached hydrogens (tertiary/aromatic N) is 2. The van der Waals surface area contributed by atoms with Crippen LogP contribution in [0.15, 0.2) is 17.1 Å². The molecule has 10 heteroatoms. The van der Waals surface area contributed by atoms with E-state index in [1.54, 1.807) is 12.3 Å². The summed E-state index contributed by atoms with van der Waals surface area (Å²) in [7, 11) is -3.36. The highest BCUT2D eigenvalue weighted by atomic mass is 28.4. The van der Waals surface area contributed by atoms with Gasteiger partial charge in [0.1, 0.15) is 24.1 Å². The predicted octanol–water partition coefficient (Wildman–Crippen LogP) is 1.47. The third-order valence-corrected chi connectivity index (χ3v) is 8.41. The summed E-state index contributed by atoms with van der Waals surface area (Å²) in [6.45, 7) is 12.4. The molecular formula is C17H33N3O5Si2. The molecule has 0 saturated carbocycles. The minimum Gasteiger partial charge on any atom is -0.415 e. The van der Waals surface area contributed by atoms with Crippen LogP contribution in [0.5, 0.6) is 0 Å². The molecule has 2 rings (SSSR count). The van der Waals surface area contributed by atoms with E-state index in [1.807, 2.05) is 6.92 Å². The third-order valence-electron chi connectivity index (χ3n) is 4.90. The average Bonchev–Trinajstić information content (AvgIpc) is 2.89. The minimum absolute atomic E-state index is 0.146. The van der Waals surface area contributed by atoms with Gasteiger partial charge >= 0.3 is 5.69 Å². The molecule has 0 radical (unpaired) electrons. The molecule has 0 bridgehead atoms. The van der Waals surface area contributed by atoms with Crippen LogP contribution in [0.2, 0.25) is 32.2 Å². The Bertz CT molecular complexity index is 685. The molecule has 5 unspecified atom stereocenters. The molecule has 1 saturated heterocycles. The molecule has 2 heterocycles. The van der Waals surface area contributed by atoms with Gasteiger partial charge in [-0.1, -0.05) is 13.8 Å². The lowest BCUT2D eigenvalue weighted by molar-refractivity contribution is -0.0791. The Morgan fingerprint density at radius 2 is 2.11 bits per heavy atom. The lowest BCUT2D eigenvalue weighted by atomic mass is 10.0. The second-order valence-corrected chi connectivity index (χ2v) is 14.7. The summed E-state index contributed by atoms with van der Waals surface area (Å²) < 4.78 is 19.9. The second kappa shape index (κ2) is 8.97. The Kier molecular flexibility index (Phi) is 7.39. The van der Waals surface area contributed by atoms with Crippen molar-refractivity contribution in [3.63, 3.8) is 0 Å². The van der Waals surface area contributed by atoms with Crippen molar-refractivity contribution in [3.05, 3.63) is 22.7 Å². The van der Waals surface area contributed by atoms with Crippen molar-refractivity contribution in [1.29, 1.82) is 0 Å². The fourth-order valence-electron chi connectivity index (χ4n) is 3.16. The number of hydrogen-bond acceptors (Lipinski definition) is 7. The Morgan fingerprint density at radius 3 is 2.63 bits per heavy atom. The summed E-state index contributed by atoms with van der Waals surface area (Å²) in [6, 6.07) is 2.42. The summed E-state index contributed by atoms with van der Waals surface area (Å²) in [5.41, 5.74) is 5.09. The van der Waals surface area contributed by atoms with Crippen molar-refractivity contribution in [2.24, 2.45) is 0 Å². The Hall–Kier alpha value is -1.05. The number of nitrogen functional groups attached to an aromatic ring is 1. The molecule has 27 heavy (non-hydrogen) atoms. The van der Waals surface area contributed by atoms with Crippen molar-refractivity contribution in [2.45, 2.75) is 83.1 Å². The first-order chi connectivity index (χ1) is 12.6. The van der Waals surface area contributed by atoms with E-state index in [0.717, 1.165) is 6.04 Å². The van der Waals surface area contributed by atoms with E-state index in [-0.39, 0.29) is 11.9 Å². The van der Waals surface area contributed by atoms with Crippen LogP contribution in [0.25, 0.3) is 0 Å². The molecule has 0 amide bonds.